The van der Waals surface area contributed by atoms with E-state index in [0.717, 1.165) is 22.6 Å². The van der Waals surface area contributed by atoms with E-state index in [1.54, 1.807) is 21.3 Å². The molecule has 3 aromatic carbocycles. The van der Waals surface area contributed by atoms with E-state index in [-0.39, 0.29) is 12.3 Å². The second-order valence-electron chi connectivity index (χ2n) is 9.17. The van der Waals surface area contributed by atoms with Gasteiger partial charge < -0.3 is 19.5 Å². The van der Waals surface area contributed by atoms with Gasteiger partial charge in [-0.2, -0.15) is 5.26 Å². The number of pyridine rings is 1. The van der Waals surface area contributed by atoms with Crippen LogP contribution < -0.4 is 19.5 Å². The Kier molecular flexibility index (Phi) is 9.56. The molecule has 8 nitrogen and oxygen atoms in total. The van der Waals surface area contributed by atoms with E-state index >= 15 is 0 Å². The smallest absolute Gasteiger partial charge is 0.226 e. The van der Waals surface area contributed by atoms with E-state index in [1.807, 2.05) is 84.2 Å². The molecular formula is C33H28N4O4S2. The van der Waals surface area contributed by atoms with Gasteiger partial charge in [-0.3, -0.25) is 4.79 Å². The summed E-state index contributed by atoms with van der Waals surface area (Å²) < 4.78 is 16.4. The van der Waals surface area contributed by atoms with Crippen LogP contribution in [0.4, 0.5) is 5.13 Å². The van der Waals surface area contributed by atoms with Crippen LogP contribution in [0.15, 0.2) is 89.3 Å². The molecule has 43 heavy (non-hydrogen) atoms. The van der Waals surface area contributed by atoms with Gasteiger partial charge in [0.1, 0.15) is 16.8 Å². The van der Waals surface area contributed by atoms with Crippen molar-refractivity contribution in [1.29, 1.82) is 5.26 Å². The number of amides is 1. The molecule has 216 valence electrons. The monoisotopic (exact) mass is 608 g/mol. The fourth-order valence-electron chi connectivity index (χ4n) is 4.45. The Morgan fingerprint density at radius 3 is 2.35 bits per heavy atom. The van der Waals surface area contributed by atoms with Gasteiger partial charge in [0, 0.05) is 39.8 Å². The highest BCUT2D eigenvalue weighted by Gasteiger charge is 2.21. The lowest BCUT2D eigenvalue weighted by Crippen LogP contribution is -2.12. The Morgan fingerprint density at radius 1 is 0.884 bits per heavy atom. The van der Waals surface area contributed by atoms with Crippen LogP contribution in [-0.4, -0.2) is 43.0 Å². The fourth-order valence-corrected chi connectivity index (χ4v) is 6.13. The number of para-hydroxylation sites is 1. The lowest BCUT2D eigenvalue weighted by molar-refractivity contribution is -0.115. The maximum Gasteiger partial charge on any atom is 0.226 e. The zero-order chi connectivity index (χ0) is 30.2. The number of thiazole rings is 1. The number of carbonyl (C=O) groups is 1. The second kappa shape index (κ2) is 13.9. The molecule has 1 amide bonds. The van der Waals surface area contributed by atoms with E-state index < -0.39 is 0 Å². The molecule has 0 saturated heterocycles. The van der Waals surface area contributed by atoms with Crippen molar-refractivity contribution in [2.45, 2.75) is 11.4 Å². The van der Waals surface area contributed by atoms with E-state index in [1.165, 1.54) is 23.1 Å². The maximum absolute atomic E-state index is 12.8. The number of thioether (sulfide) groups is 1. The van der Waals surface area contributed by atoms with Gasteiger partial charge >= 0.3 is 0 Å². The fraction of sp³-hybridized carbons (Fsp3) is 0.152. The average molecular weight is 609 g/mol. The highest BCUT2D eigenvalue weighted by Crippen LogP contribution is 2.42. The highest BCUT2D eigenvalue weighted by molar-refractivity contribution is 7.99. The van der Waals surface area contributed by atoms with Crippen molar-refractivity contribution in [1.82, 2.24) is 9.97 Å². The largest absolute Gasteiger partial charge is 0.497 e. The zero-order valence-electron chi connectivity index (χ0n) is 23.8. The Hall–Kier alpha value is -4.85. The molecule has 0 aliphatic heterocycles. The molecule has 5 rings (SSSR count). The molecule has 0 unspecified atom stereocenters. The lowest BCUT2D eigenvalue weighted by atomic mass is 9.98. The van der Waals surface area contributed by atoms with Gasteiger partial charge in [-0.1, -0.05) is 42.5 Å². The second-order valence-corrected chi connectivity index (χ2v) is 11.1. The maximum atomic E-state index is 12.8. The molecule has 0 bridgehead atoms. The first kappa shape index (κ1) is 29.6. The van der Waals surface area contributed by atoms with E-state index in [0.29, 0.717) is 49.8 Å². The van der Waals surface area contributed by atoms with E-state index in [2.05, 4.69) is 16.4 Å². The van der Waals surface area contributed by atoms with Crippen molar-refractivity contribution >= 4 is 34.1 Å². The molecule has 2 aromatic heterocycles. The molecule has 0 aliphatic carbocycles. The minimum atomic E-state index is -0.171. The van der Waals surface area contributed by atoms with Gasteiger partial charge in [0.2, 0.25) is 5.91 Å². The van der Waals surface area contributed by atoms with Gasteiger partial charge in [-0.15, -0.1) is 23.1 Å². The van der Waals surface area contributed by atoms with Crippen molar-refractivity contribution < 1.29 is 19.0 Å². The van der Waals surface area contributed by atoms with Crippen molar-refractivity contribution in [2.24, 2.45) is 0 Å². The summed E-state index contributed by atoms with van der Waals surface area (Å²) in [4.78, 5) is 22.2. The summed E-state index contributed by atoms with van der Waals surface area (Å²) >= 11 is 2.73. The van der Waals surface area contributed by atoms with Gasteiger partial charge in [-0.25, -0.2) is 9.97 Å². The molecule has 0 aliphatic rings. The number of rotatable bonds is 11. The predicted molar refractivity (Wildman–Crippen MR) is 171 cm³/mol. The quantitative estimate of drug-likeness (QED) is 0.153. The van der Waals surface area contributed by atoms with Crippen LogP contribution in [0.25, 0.3) is 33.6 Å². The summed E-state index contributed by atoms with van der Waals surface area (Å²) in [7, 11) is 4.77. The van der Waals surface area contributed by atoms with E-state index in [4.69, 9.17) is 19.2 Å². The molecule has 0 fully saturated rings. The molecule has 5 aromatic rings. The highest BCUT2D eigenvalue weighted by atomic mass is 32.2. The van der Waals surface area contributed by atoms with Gasteiger partial charge in [-0.05, 0) is 36.4 Å². The number of methoxy groups -OCH3 is 3. The summed E-state index contributed by atoms with van der Waals surface area (Å²) in [5.74, 6) is 2.10. The van der Waals surface area contributed by atoms with Crippen molar-refractivity contribution in [3.63, 3.8) is 0 Å². The lowest BCUT2D eigenvalue weighted by Gasteiger charge is -2.16. The first-order valence-corrected chi connectivity index (χ1v) is 15.2. The van der Waals surface area contributed by atoms with Crippen molar-refractivity contribution in [3.8, 4) is 57.0 Å². The molecule has 10 heteroatoms. The number of benzene rings is 3. The van der Waals surface area contributed by atoms with Crippen molar-refractivity contribution in [2.75, 3.05) is 32.4 Å². The average Bonchev–Trinajstić information content (AvgIpc) is 3.52. The zero-order valence-corrected chi connectivity index (χ0v) is 25.4. The molecule has 0 saturated carbocycles. The van der Waals surface area contributed by atoms with E-state index in [9.17, 15) is 10.1 Å². The summed E-state index contributed by atoms with van der Waals surface area (Å²) in [6, 6.07) is 27.1. The Labute approximate surface area is 258 Å². The van der Waals surface area contributed by atoms with Crippen LogP contribution in [0.1, 0.15) is 12.0 Å². The first-order valence-electron chi connectivity index (χ1n) is 13.3. The third-order valence-corrected chi connectivity index (χ3v) is 8.30. The standard InChI is InChI=1S/C33H28N4O4S2/c1-39-23-14-12-22(13-15-23)28-20-43-33(36-28)37-30(38)16-17-42-32-26(19-34)25(18-27(35-32)21-8-5-4-6-9-21)24-10-7-11-29(40-2)31(24)41-3/h4-15,18,20H,16-17H2,1-3H3,(H,36,37,38). The Morgan fingerprint density at radius 2 is 1.65 bits per heavy atom. The number of carbonyl (C=O) groups excluding carboxylic acids is 1. The third kappa shape index (κ3) is 6.80. The predicted octanol–water partition coefficient (Wildman–Crippen LogP) is 7.56. The molecule has 1 N–H and O–H groups in total. The number of nitrogens with one attached hydrogen (secondary N) is 1. The van der Waals surface area contributed by atoms with Crippen LogP contribution in [-0.2, 0) is 4.79 Å². The third-order valence-electron chi connectivity index (χ3n) is 6.56. The Balaban J connectivity index is 1.36. The summed E-state index contributed by atoms with van der Waals surface area (Å²) in [5.41, 5.74) is 5.12. The molecule has 0 atom stereocenters. The van der Waals surface area contributed by atoms with Gasteiger partial charge in [0.15, 0.2) is 16.6 Å². The number of ether oxygens (including phenoxy) is 3. The number of nitrogens with zero attached hydrogens (tertiary/aromatic N) is 3. The molecular weight excluding hydrogens is 581 g/mol. The summed E-state index contributed by atoms with van der Waals surface area (Å²) in [5, 5.41) is 16.1. The van der Waals surface area contributed by atoms with Crippen molar-refractivity contribution in [3.05, 3.63) is 89.8 Å². The SMILES string of the molecule is COc1ccc(-c2csc(NC(=O)CCSc3nc(-c4ccccc4)cc(-c4cccc(OC)c4OC)c3C#N)n2)cc1. The van der Waals surface area contributed by atoms with Crippen LogP contribution in [0, 0.1) is 11.3 Å². The number of nitriles is 1. The minimum absolute atomic E-state index is 0.171. The van der Waals surface area contributed by atoms with Crippen LogP contribution in [0.5, 0.6) is 17.2 Å². The number of hydrogen-bond acceptors (Lipinski definition) is 9. The van der Waals surface area contributed by atoms with Crippen LogP contribution >= 0.6 is 23.1 Å². The normalized spacial score (nSPS) is 10.6. The first-order chi connectivity index (χ1) is 21.0. The Bertz CT molecular complexity index is 1770. The van der Waals surface area contributed by atoms with Crippen LogP contribution in [0.3, 0.4) is 0 Å². The van der Waals surface area contributed by atoms with Gasteiger partial charge in [0.25, 0.3) is 0 Å². The van der Waals surface area contributed by atoms with Gasteiger partial charge in [0.05, 0.1) is 38.3 Å². The number of anilines is 1. The minimum Gasteiger partial charge on any atom is -0.497 e. The summed E-state index contributed by atoms with van der Waals surface area (Å²) in [6.45, 7) is 0. The topological polar surface area (TPSA) is 106 Å². The van der Waals surface area contributed by atoms with Crippen LogP contribution in [0.2, 0.25) is 0 Å². The molecule has 0 radical (unpaired) electrons. The molecule has 2 heterocycles. The number of hydrogen-bond donors (Lipinski definition) is 1. The number of aromatic nitrogens is 2. The molecule has 0 spiro atoms. The summed E-state index contributed by atoms with van der Waals surface area (Å²) in [6.07, 6.45) is 0.210.